The summed E-state index contributed by atoms with van der Waals surface area (Å²) in [6.45, 7) is 0. The summed E-state index contributed by atoms with van der Waals surface area (Å²) in [4.78, 5) is 22.1. The minimum absolute atomic E-state index is 0.185. The van der Waals surface area contributed by atoms with Gasteiger partial charge in [-0.1, -0.05) is 37.1 Å². The van der Waals surface area contributed by atoms with Crippen molar-refractivity contribution in [2.24, 2.45) is 0 Å². The van der Waals surface area contributed by atoms with Crippen molar-refractivity contribution in [1.29, 1.82) is 0 Å². The van der Waals surface area contributed by atoms with E-state index >= 15 is 0 Å². The van der Waals surface area contributed by atoms with Crippen LogP contribution in [0.2, 0.25) is 0 Å². The minimum Gasteiger partial charge on any atom is -0.497 e. The Morgan fingerprint density at radius 3 is 2.46 bits per heavy atom. The summed E-state index contributed by atoms with van der Waals surface area (Å²) in [5.74, 6) is -0.634. The Morgan fingerprint density at radius 1 is 1.00 bits per heavy atom. The number of Topliss-reactive ketones (excluding diaryl/α,β-unsaturated/α-hetero) is 1. The van der Waals surface area contributed by atoms with Gasteiger partial charge in [0.1, 0.15) is 5.75 Å². The number of benzene rings is 2. The summed E-state index contributed by atoms with van der Waals surface area (Å²) < 4.78 is 5.23. The fourth-order valence-corrected chi connectivity index (χ4v) is 2.70. The van der Waals surface area contributed by atoms with Crippen molar-refractivity contribution in [3.63, 3.8) is 0 Å². The van der Waals surface area contributed by atoms with E-state index in [2.05, 4.69) is 24.3 Å². The number of nitrogens with one attached hydrogen (secondary N) is 1. The molecule has 0 atom stereocenters. The normalized spacial score (nSPS) is 10.6. The van der Waals surface area contributed by atoms with Crippen LogP contribution in [-0.2, 0) is 16.0 Å². The SMILES string of the molecule is COc1ccc2cc(CCCCCCC(=O)C(=O)NO)ccc2c1. The van der Waals surface area contributed by atoms with E-state index in [9.17, 15) is 9.59 Å². The summed E-state index contributed by atoms with van der Waals surface area (Å²) in [6.07, 6.45) is 4.80. The van der Waals surface area contributed by atoms with Crippen molar-refractivity contribution in [1.82, 2.24) is 5.48 Å². The van der Waals surface area contributed by atoms with E-state index in [1.807, 2.05) is 12.1 Å². The number of ether oxygens (including phenoxy) is 1. The number of fused-ring (bicyclic) bond motifs is 1. The van der Waals surface area contributed by atoms with Gasteiger partial charge in [0, 0.05) is 6.42 Å². The number of rotatable bonds is 9. The Kier molecular flexibility index (Phi) is 6.75. The van der Waals surface area contributed by atoms with Crippen molar-refractivity contribution in [2.45, 2.75) is 38.5 Å². The van der Waals surface area contributed by atoms with Gasteiger partial charge >= 0.3 is 5.91 Å². The molecule has 0 radical (unpaired) electrons. The predicted octanol–water partition coefficient (Wildman–Crippen LogP) is 3.42. The van der Waals surface area contributed by atoms with E-state index in [0.717, 1.165) is 31.4 Å². The van der Waals surface area contributed by atoms with Gasteiger partial charge in [-0.2, -0.15) is 0 Å². The van der Waals surface area contributed by atoms with Gasteiger partial charge in [-0.05, 0) is 47.7 Å². The average Bonchev–Trinajstić information content (AvgIpc) is 2.62. The molecule has 0 aliphatic rings. The van der Waals surface area contributed by atoms with E-state index in [4.69, 9.17) is 9.94 Å². The zero-order valence-corrected chi connectivity index (χ0v) is 13.9. The van der Waals surface area contributed by atoms with Crippen LogP contribution in [0.15, 0.2) is 36.4 Å². The first-order chi connectivity index (χ1) is 11.6. The maximum absolute atomic E-state index is 11.2. The molecular weight excluding hydrogens is 306 g/mol. The minimum atomic E-state index is -0.928. The number of unbranched alkanes of at least 4 members (excludes halogenated alkanes) is 3. The number of aryl methyl sites for hydroxylation is 1. The number of hydrogen-bond acceptors (Lipinski definition) is 4. The van der Waals surface area contributed by atoms with Gasteiger partial charge in [0.15, 0.2) is 0 Å². The molecule has 2 aromatic carbocycles. The predicted molar refractivity (Wildman–Crippen MR) is 92.2 cm³/mol. The Morgan fingerprint density at radius 2 is 1.71 bits per heavy atom. The van der Waals surface area contributed by atoms with Gasteiger partial charge in [-0.15, -0.1) is 0 Å². The van der Waals surface area contributed by atoms with Gasteiger partial charge in [-0.25, -0.2) is 5.48 Å². The second-order valence-electron chi connectivity index (χ2n) is 5.83. The number of ketones is 1. The molecule has 0 unspecified atom stereocenters. The number of methoxy groups -OCH3 is 1. The maximum Gasteiger partial charge on any atom is 0.310 e. The molecule has 0 bridgehead atoms. The molecule has 0 aliphatic carbocycles. The van der Waals surface area contributed by atoms with Gasteiger partial charge in [-0.3, -0.25) is 14.8 Å². The van der Waals surface area contributed by atoms with E-state index in [1.54, 1.807) is 7.11 Å². The first-order valence-corrected chi connectivity index (χ1v) is 8.18. The topological polar surface area (TPSA) is 75.6 Å². The van der Waals surface area contributed by atoms with Crippen LogP contribution in [-0.4, -0.2) is 24.0 Å². The summed E-state index contributed by atoms with van der Waals surface area (Å²) in [7, 11) is 1.67. The molecule has 1 amide bonds. The van der Waals surface area contributed by atoms with Gasteiger partial charge in [0.2, 0.25) is 5.78 Å². The number of carbonyl (C=O) groups is 2. The van der Waals surface area contributed by atoms with Crippen LogP contribution in [0.1, 0.15) is 37.7 Å². The van der Waals surface area contributed by atoms with E-state index in [0.29, 0.717) is 6.42 Å². The molecule has 0 saturated carbocycles. The van der Waals surface area contributed by atoms with E-state index < -0.39 is 11.7 Å². The van der Waals surface area contributed by atoms with Crippen molar-refractivity contribution in [3.05, 3.63) is 42.0 Å². The van der Waals surface area contributed by atoms with Crippen LogP contribution < -0.4 is 10.2 Å². The molecule has 2 aromatic rings. The Hall–Kier alpha value is -2.40. The number of amides is 1. The molecule has 24 heavy (non-hydrogen) atoms. The van der Waals surface area contributed by atoms with E-state index in [-0.39, 0.29) is 6.42 Å². The van der Waals surface area contributed by atoms with Gasteiger partial charge in [0.05, 0.1) is 7.11 Å². The third-order valence-corrected chi connectivity index (χ3v) is 4.09. The molecule has 2 rings (SSSR count). The molecular formula is C19H23NO4. The lowest BCUT2D eigenvalue weighted by atomic mass is 10.0. The quantitative estimate of drug-likeness (QED) is 0.320. The van der Waals surface area contributed by atoms with Crippen LogP contribution in [0.3, 0.4) is 0 Å². The molecule has 0 saturated heterocycles. The number of hydrogen-bond donors (Lipinski definition) is 2. The second kappa shape index (κ2) is 9.03. The molecule has 2 N–H and O–H groups in total. The zero-order valence-electron chi connectivity index (χ0n) is 13.9. The van der Waals surface area contributed by atoms with Gasteiger partial charge in [0.25, 0.3) is 0 Å². The molecule has 0 aliphatic heterocycles. The summed E-state index contributed by atoms with van der Waals surface area (Å²) in [5, 5.41) is 10.7. The van der Waals surface area contributed by atoms with Crippen molar-refractivity contribution in [3.8, 4) is 5.75 Å². The highest BCUT2D eigenvalue weighted by Gasteiger charge is 2.11. The molecule has 0 spiro atoms. The lowest BCUT2D eigenvalue weighted by molar-refractivity contribution is -0.143. The fraction of sp³-hybridized carbons (Fsp3) is 0.368. The highest BCUT2D eigenvalue weighted by atomic mass is 16.5. The lowest BCUT2D eigenvalue weighted by Gasteiger charge is -2.06. The highest BCUT2D eigenvalue weighted by molar-refractivity contribution is 6.35. The number of carbonyl (C=O) groups excluding carboxylic acids is 2. The highest BCUT2D eigenvalue weighted by Crippen LogP contribution is 2.22. The molecule has 5 nitrogen and oxygen atoms in total. The van der Waals surface area contributed by atoms with Crippen LogP contribution in [0, 0.1) is 0 Å². The maximum atomic E-state index is 11.2. The van der Waals surface area contributed by atoms with Crippen molar-refractivity contribution in [2.75, 3.05) is 7.11 Å². The standard InChI is InChI=1S/C19H23NO4/c1-24-17-11-10-15-12-14(8-9-16(15)13-17)6-4-2-3-5-7-18(21)19(22)20-23/h8-13,23H,2-7H2,1H3,(H,20,22). The summed E-state index contributed by atoms with van der Waals surface area (Å²) in [5.41, 5.74) is 2.66. The van der Waals surface area contributed by atoms with Crippen LogP contribution in [0.4, 0.5) is 0 Å². The monoisotopic (exact) mass is 329 g/mol. The third kappa shape index (κ3) is 5.06. The first kappa shape index (κ1) is 17.9. The van der Waals surface area contributed by atoms with Crippen LogP contribution in [0.5, 0.6) is 5.75 Å². The zero-order chi connectivity index (χ0) is 17.4. The smallest absolute Gasteiger partial charge is 0.310 e. The molecule has 0 fully saturated rings. The third-order valence-electron chi connectivity index (χ3n) is 4.09. The molecule has 0 aromatic heterocycles. The summed E-state index contributed by atoms with van der Waals surface area (Å²) >= 11 is 0. The molecule has 128 valence electrons. The first-order valence-electron chi connectivity index (χ1n) is 8.18. The van der Waals surface area contributed by atoms with Crippen molar-refractivity contribution >= 4 is 22.5 Å². The number of hydroxylamine groups is 1. The fourth-order valence-electron chi connectivity index (χ4n) is 2.70. The summed E-state index contributed by atoms with van der Waals surface area (Å²) in [6, 6.07) is 12.5. The molecule has 5 heteroatoms. The molecule has 0 heterocycles. The largest absolute Gasteiger partial charge is 0.497 e. The van der Waals surface area contributed by atoms with Crippen molar-refractivity contribution < 1.29 is 19.5 Å². The lowest BCUT2D eigenvalue weighted by Crippen LogP contribution is -2.27. The Balaban J connectivity index is 1.74. The Labute approximate surface area is 141 Å². The van der Waals surface area contributed by atoms with E-state index in [1.165, 1.54) is 21.8 Å². The second-order valence-corrected chi connectivity index (χ2v) is 5.83. The van der Waals surface area contributed by atoms with Crippen LogP contribution in [0.25, 0.3) is 10.8 Å². The van der Waals surface area contributed by atoms with Crippen LogP contribution >= 0.6 is 0 Å². The van der Waals surface area contributed by atoms with Gasteiger partial charge < -0.3 is 4.74 Å². The average molecular weight is 329 g/mol. The Bertz CT molecular complexity index is 712.